The smallest absolute Gasteiger partial charge is 0.187 e. The van der Waals surface area contributed by atoms with Crippen LogP contribution in [0.3, 0.4) is 0 Å². The van der Waals surface area contributed by atoms with Crippen molar-refractivity contribution in [2.24, 2.45) is 0 Å². The molecule has 0 aliphatic heterocycles. The van der Waals surface area contributed by atoms with Gasteiger partial charge < -0.3 is 50.4 Å². The Kier molecular flexibility index (Phi) is 29.7. The van der Waals surface area contributed by atoms with E-state index in [1.165, 1.54) is 12.4 Å². The molecular weight excluding hydrogens is 2110 g/mol. The highest BCUT2D eigenvalue weighted by atomic mass is 79.9. The highest BCUT2D eigenvalue weighted by Gasteiger charge is 2.20. The lowest BCUT2D eigenvalue weighted by Crippen LogP contribution is -2.25. The lowest BCUT2D eigenvalue weighted by molar-refractivity contribution is -0.605. The number of aryl methyl sites for hydroxylation is 2. The molecule has 21 heterocycles. The van der Waals surface area contributed by atoms with Crippen LogP contribution in [-0.4, -0.2) is 113 Å². The molecule has 0 saturated heterocycles. The summed E-state index contributed by atoms with van der Waals surface area (Å²) in [4.78, 5) is 51.6. The maximum Gasteiger partial charge on any atom is 0.187 e. The van der Waals surface area contributed by atoms with Gasteiger partial charge in [0.15, 0.2) is 63.5 Å². The fourth-order valence-corrected chi connectivity index (χ4v) is 15.6. The summed E-state index contributed by atoms with van der Waals surface area (Å²) in [5.74, 6) is 6.48. The van der Waals surface area contributed by atoms with Gasteiger partial charge in [-0.05, 0) is 209 Å². The Balaban J connectivity index is 0.000000113. The molecule has 0 fully saturated rings. The van der Waals surface area contributed by atoms with Crippen molar-refractivity contribution in [2.75, 3.05) is 31.9 Å². The van der Waals surface area contributed by atoms with Crippen LogP contribution in [0.5, 0.6) is 0 Å². The normalized spacial score (nSPS) is 10.9. The minimum Gasteiger partial charge on any atom is -0.619 e. The first kappa shape index (κ1) is 91.5. The molecule has 6 N–H and O–H groups in total. The van der Waals surface area contributed by atoms with E-state index in [1.54, 1.807) is 139 Å². The fourth-order valence-electron chi connectivity index (χ4n) is 13.5. The van der Waals surface area contributed by atoms with Crippen LogP contribution >= 0.6 is 95.6 Å². The van der Waals surface area contributed by atoms with Gasteiger partial charge in [-0.25, -0.2) is 34.7 Å². The molecule has 21 aromatic heterocycles. The molecule has 22 rings (SSSR count). The number of halogens is 6. The van der Waals surface area contributed by atoms with Gasteiger partial charge in [-0.2, -0.15) is 62.4 Å². The van der Waals surface area contributed by atoms with Crippen LogP contribution in [0.15, 0.2) is 340 Å². The fraction of sp³-hybridized carbons (Fsp3) is 0.0957. The first-order valence-electron chi connectivity index (χ1n) is 41.4. The summed E-state index contributed by atoms with van der Waals surface area (Å²) in [6.45, 7) is 14.9. The zero-order chi connectivity index (χ0) is 92.9. The third-order valence-electron chi connectivity index (χ3n) is 20.1. The summed E-state index contributed by atoms with van der Waals surface area (Å²) < 4.78 is 32.5. The van der Waals surface area contributed by atoms with E-state index in [-0.39, 0.29) is 0 Å². The highest BCUT2D eigenvalue weighted by molar-refractivity contribution is 9.11. The molecule has 0 saturated carbocycles. The van der Waals surface area contributed by atoms with E-state index >= 15 is 0 Å². The second-order valence-corrected chi connectivity index (χ2v) is 34.5. The number of fused-ring (bicyclic) bond motifs is 6. The van der Waals surface area contributed by atoms with Crippen molar-refractivity contribution < 1.29 is 18.0 Å². The average molecular weight is 2180 g/mol. The van der Waals surface area contributed by atoms with Gasteiger partial charge in [0.2, 0.25) is 0 Å². The topological polar surface area (TPSA) is 388 Å². The van der Waals surface area contributed by atoms with Crippen LogP contribution in [-0.2, 0) is 45.7 Å². The van der Waals surface area contributed by atoms with Crippen molar-refractivity contribution >= 4 is 170 Å². The van der Waals surface area contributed by atoms with Crippen LogP contribution in [0.25, 0.3) is 84.2 Å². The molecule has 35 nitrogen and oxygen atoms in total. The molecule has 1 aromatic carbocycles. The number of furan rings is 3. The van der Waals surface area contributed by atoms with Crippen molar-refractivity contribution in [1.82, 2.24) is 113 Å². The molecule has 0 radical (unpaired) electrons. The van der Waals surface area contributed by atoms with Crippen LogP contribution in [0.2, 0.25) is 0 Å². The van der Waals surface area contributed by atoms with E-state index < -0.39 is 0 Å². The SMILES string of the molecule is Brc1cnn2c(NCc3cccnc3)cc(-c3ccco3)nc12.Brc1cnn2c(NCc3cccnc3)cc(-c3ccoc3)nc12.CCc1cc(NCc2cccnc2)n2ncc(Br)c2n1.Cc1cc(NCc2cccnc2)n2ncc(Br)c2n1.[C-]#[N+]c1ccc(-c2cc(NCc3cccnc3)n3ncc(Br)c3n2)cc1.[O-][n+]1cccc(CNc2cc(-c3ccco3)nc3c(Br)cnn23)c1. The van der Waals surface area contributed by atoms with Crippen molar-refractivity contribution in [2.45, 2.75) is 59.5 Å². The number of hydrogen-bond acceptors (Lipinski definition) is 27. The number of benzene rings is 1. The summed E-state index contributed by atoms with van der Waals surface area (Å²) in [6.07, 6.45) is 38.8. The highest BCUT2D eigenvalue weighted by Crippen LogP contribution is 2.33. The summed E-state index contributed by atoms with van der Waals surface area (Å²) in [7, 11) is 0. The van der Waals surface area contributed by atoms with Gasteiger partial charge in [0.1, 0.15) is 46.3 Å². The number of rotatable bonds is 23. The largest absolute Gasteiger partial charge is 0.619 e. The van der Waals surface area contributed by atoms with Crippen molar-refractivity contribution in [1.29, 1.82) is 0 Å². The number of hydrogen-bond donors (Lipinski definition) is 6. The maximum absolute atomic E-state index is 11.4. The molecule has 0 unspecified atom stereocenters. The van der Waals surface area contributed by atoms with Crippen molar-refractivity contribution in [3.05, 3.63) is 389 Å². The van der Waals surface area contributed by atoms with E-state index in [0.29, 0.717) is 67.8 Å². The average Bonchev–Trinajstić information content (AvgIpc) is 1.59. The van der Waals surface area contributed by atoms with E-state index in [4.69, 9.17) is 24.8 Å². The zero-order valence-electron chi connectivity index (χ0n) is 71.3. The Morgan fingerprint density at radius 3 is 1.02 bits per heavy atom. The number of nitrogens with zero attached hydrogens (tertiary/aromatic N) is 25. The first-order chi connectivity index (χ1) is 66.1. The zero-order valence-corrected chi connectivity index (χ0v) is 80.8. The maximum atomic E-state index is 11.4. The first-order valence-corrected chi connectivity index (χ1v) is 46.2. The number of anilines is 6. The number of aromatic nitrogens is 24. The lowest BCUT2D eigenvalue weighted by Gasteiger charge is -2.11. The molecule has 22 aromatic rings. The summed E-state index contributed by atoms with van der Waals surface area (Å²) >= 11 is 20.9. The molecule has 135 heavy (non-hydrogen) atoms. The van der Waals surface area contributed by atoms with Gasteiger partial charge in [0.25, 0.3) is 0 Å². The predicted octanol–water partition coefficient (Wildman–Crippen LogP) is 21.1. The Morgan fingerprint density at radius 1 is 0.356 bits per heavy atom. The van der Waals surface area contributed by atoms with Crippen LogP contribution in [0, 0.1) is 18.7 Å². The van der Waals surface area contributed by atoms with Crippen LogP contribution in [0.4, 0.5) is 40.6 Å². The van der Waals surface area contributed by atoms with E-state index in [1.807, 2.05) is 184 Å². The Bertz CT molecular complexity index is 7590. The summed E-state index contributed by atoms with van der Waals surface area (Å²) in [5.41, 5.74) is 18.4. The second kappa shape index (κ2) is 43.8. The third-order valence-corrected chi connectivity index (χ3v) is 23.4. The van der Waals surface area contributed by atoms with Crippen LogP contribution < -0.4 is 36.6 Å². The van der Waals surface area contributed by atoms with Crippen LogP contribution in [0.1, 0.15) is 51.7 Å². The molecular formula is C94H75Br6N31O4. The van der Waals surface area contributed by atoms with Gasteiger partial charge in [-0.15, -0.1) is 0 Å². The van der Waals surface area contributed by atoms with Gasteiger partial charge in [0, 0.05) is 166 Å². The molecule has 41 heteroatoms. The monoisotopic (exact) mass is 2180 g/mol. The number of nitrogens with one attached hydrogen (secondary N) is 6. The molecule has 0 atom stereocenters. The quantitative estimate of drug-likeness (QED) is 0.0197. The van der Waals surface area contributed by atoms with E-state index in [9.17, 15) is 5.21 Å². The molecule has 0 aliphatic carbocycles. The molecule has 0 aliphatic rings. The van der Waals surface area contributed by atoms with Crippen molar-refractivity contribution in [3.63, 3.8) is 0 Å². The minimum atomic E-state index is 0.483. The van der Waals surface area contributed by atoms with Gasteiger partial charge in [-0.1, -0.05) is 61.5 Å². The standard InChI is InChI=1S/C19H13BrN6.C16H12BrN5O2.2C16H12BrN5O.C14H14BrN5.C13H12BrN5/c1-21-15-6-4-14(5-7-15)17-9-18(23-11-13-3-2-8-22-10-13)26-19(25-17)16(20)12-24-26;17-12-9-19-22-15(18-8-11-3-1-5-21(23)10-11)7-13(20-16(12)22)14-4-2-6-24-14;17-12-10-20-22-15(19-9-11-3-1-5-18-8-11)7-13(21-16(12)22)14-4-2-6-23-14;17-13-9-20-22-15(19-8-11-2-1-4-18-7-11)6-14(21-16(13)22)12-3-5-23-10-12;1-2-11-6-13(17-8-10-4-3-5-16-7-10)20-14(19-11)12(15)9-18-20;1-9-5-12(16-7-10-3-2-4-15-6-10)19-13(18-9)11(14)8-17-19/h2-10,12,23H,11H2;1-7,9-10,18H,8H2;1-8,10,19H,9H2;1-7,9-10,19H,8H2;3-7,9,17H,2,8H2,1H3;2-6,8,16H,7H2,1H3. The van der Waals surface area contributed by atoms with Gasteiger partial charge in [0.05, 0.1) is 107 Å². The third kappa shape index (κ3) is 22.9. The molecule has 0 amide bonds. The Labute approximate surface area is 819 Å². The Morgan fingerprint density at radius 2 is 0.689 bits per heavy atom. The Hall–Kier alpha value is -15.4. The summed E-state index contributed by atoms with van der Waals surface area (Å²) in [5, 5.41) is 57.6. The molecule has 0 spiro atoms. The van der Waals surface area contributed by atoms with Gasteiger partial charge in [-0.3, -0.25) is 24.9 Å². The van der Waals surface area contributed by atoms with E-state index in [2.05, 4.69) is 220 Å². The number of pyridine rings is 6. The second-order valence-electron chi connectivity index (χ2n) is 29.4. The van der Waals surface area contributed by atoms with Crippen molar-refractivity contribution in [3.8, 4) is 45.4 Å². The molecule has 672 valence electrons. The predicted molar refractivity (Wildman–Crippen MR) is 534 cm³/mol. The minimum absolute atomic E-state index is 0.483. The van der Waals surface area contributed by atoms with Gasteiger partial charge >= 0.3 is 0 Å². The van der Waals surface area contributed by atoms with E-state index in [0.717, 1.165) is 174 Å². The lowest BCUT2D eigenvalue weighted by atomic mass is 10.1. The summed E-state index contributed by atoms with van der Waals surface area (Å²) in [6, 6.07) is 51.7. The molecule has 0 bridgehead atoms.